The van der Waals surface area contributed by atoms with Crippen LogP contribution in [0.25, 0.3) is 0 Å². The number of rotatable bonds is 3. The Morgan fingerprint density at radius 1 is 1.24 bits per heavy atom. The summed E-state index contributed by atoms with van der Waals surface area (Å²) in [5, 5.41) is -0.217. The van der Waals surface area contributed by atoms with Crippen LogP contribution in [0.4, 0.5) is 18.9 Å². The molecule has 0 spiro atoms. The van der Waals surface area contributed by atoms with E-state index in [9.17, 15) is 13.2 Å². The molecule has 2 aromatic heterocycles. The molecule has 0 N–H and O–H groups in total. The SMILES string of the molecule is Cc1nccc(N2CCOCC2)c1Oc1ncc(C(F)(F)F)cc1Cl. The third-order valence-electron chi connectivity index (χ3n) is 3.75. The Morgan fingerprint density at radius 2 is 1.96 bits per heavy atom. The topological polar surface area (TPSA) is 47.5 Å². The minimum Gasteiger partial charge on any atom is -0.433 e. The summed E-state index contributed by atoms with van der Waals surface area (Å²) < 4.78 is 49.3. The lowest BCUT2D eigenvalue weighted by Gasteiger charge is -2.30. The van der Waals surface area contributed by atoms with Crippen LogP contribution in [0, 0.1) is 6.92 Å². The molecule has 3 heterocycles. The Morgan fingerprint density at radius 3 is 2.60 bits per heavy atom. The molecule has 0 unspecified atom stereocenters. The maximum absolute atomic E-state index is 12.7. The van der Waals surface area contributed by atoms with Crippen molar-refractivity contribution in [1.82, 2.24) is 9.97 Å². The van der Waals surface area contributed by atoms with Gasteiger partial charge in [0, 0.05) is 25.5 Å². The van der Waals surface area contributed by atoms with Crippen LogP contribution in [0.2, 0.25) is 5.02 Å². The summed E-state index contributed by atoms with van der Waals surface area (Å²) in [7, 11) is 0. The van der Waals surface area contributed by atoms with Crippen molar-refractivity contribution < 1.29 is 22.6 Å². The highest BCUT2D eigenvalue weighted by Crippen LogP contribution is 2.38. The fourth-order valence-corrected chi connectivity index (χ4v) is 2.68. The van der Waals surface area contributed by atoms with E-state index in [0.717, 1.165) is 11.8 Å². The average Bonchev–Trinajstić information content (AvgIpc) is 2.58. The first-order valence-corrected chi connectivity index (χ1v) is 7.93. The van der Waals surface area contributed by atoms with E-state index in [1.807, 2.05) is 0 Å². The van der Waals surface area contributed by atoms with Gasteiger partial charge in [0.1, 0.15) is 5.02 Å². The lowest BCUT2D eigenvalue weighted by molar-refractivity contribution is -0.137. The number of aryl methyl sites for hydroxylation is 1. The van der Waals surface area contributed by atoms with Crippen LogP contribution in [-0.4, -0.2) is 36.3 Å². The smallest absolute Gasteiger partial charge is 0.417 e. The summed E-state index contributed by atoms with van der Waals surface area (Å²) in [5.74, 6) is 0.318. The molecule has 5 nitrogen and oxygen atoms in total. The molecule has 0 atom stereocenters. The molecule has 0 radical (unpaired) electrons. The molecule has 0 amide bonds. The van der Waals surface area contributed by atoms with Crippen molar-refractivity contribution >= 4 is 17.3 Å². The van der Waals surface area contributed by atoms with Gasteiger partial charge < -0.3 is 14.4 Å². The summed E-state index contributed by atoms with van der Waals surface area (Å²) in [4.78, 5) is 9.97. The van der Waals surface area contributed by atoms with Gasteiger partial charge in [0.25, 0.3) is 0 Å². The quantitative estimate of drug-likeness (QED) is 0.811. The van der Waals surface area contributed by atoms with Crippen molar-refractivity contribution in [3.05, 3.63) is 40.8 Å². The van der Waals surface area contributed by atoms with Crippen molar-refractivity contribution in [1.29, 1.82) is 0 Å². The van der Waals surface area contributed by atoms with Crippen LogP contribution in [0.3, 0.4) is 0 Å². The fraction of sp³-hybridized carbons (Fsp3) is 0.375. The van der Waals surface area contributed by atoms with Gasteiger partial charge in [-0.1, -0.05) is 11.6 Å². The number of nitrogens with zero attached hydrogens (tertiary/aromatic N) is 3. The predicted octanol–water partition coefficient (Wildman–Crippen LogP) is 4.09. The van der Waals surface area contributed by atoms with Gasteiger partial charge >= 0.3 is 6.18 Å². The van der Waals surface area contributed by atoms with Crippen molar-refractivity contribution in [2.75, 3.05) is 31.2 Å². The summed E-state index contributed by atoms with van der Waals surface area (Å²) in [6.07, 6.45) is -2.17. The Kier molecular flexibility index (Phi) is 5.01. The number of morpholine rings is 1. The number of hydrogen-bond acceptors (Lipinski definition) is 5. The Bertz CT molecular complexity index is 765. The number of halogens is 4. The standard InChI is InChI=1S/C16H15ClF3N3O2/c1-10-14(13(2-3-21-10)23-4-6-24-7-5-23)25-15-12(17)8-11(9-22-15)16(18,19)20/h2-3,8-9H,4-7H2,1H3. The molecule has 0 aromatic carbocycles. The first-order chi connectivity index (χ1) is 11.9. The highest BCUT2D eigenvalue weighted by atomic mass is 35.5. The van der Waals surface area contributed by atoms with E-state index >= 15 is 0 Å². The van der Waals surface area contributed by atoms with E-state index in [2.05, 4.69) is 14.9 Å². The van der Waals surface area contributed by atoms with Gasteiger partial charge in [-0.3, -0.25) is 4.98 Å². The molecule has 0 bridgehead atoms. The van der Waals surface area contributed by atoms with Crippen LogP contribution in [-0.2, 0) is 10.9 Å². The van der Waals surface area contributed by atoms with E-state index in [0.29, 0.717) is 43.9 Å². The molecule has 0 saturated carbocycles. The van der Waals surface area contributed by atoms with E-state index < -0.39 is 11.7 Å². The van der Waals surface area contributed by atoms with Gasteiger partial charge in [0.15, 0.2) is 5.75 Å². The maximum Gasteiger partial charge on any atom is 0.417 e. The van der Waals surface area contributed by atoms with Crippen LogP contribution < -0.4 is 9.64 Å². The second kappa shape index (κ2) is 7.05. The average molecular weight is 374 g/mol. The fourth-order valence-electron chi connectivity index (χ4n) is 2.47. The van der Waals surface area contributed by atoms with Crippen molar-refractivity contribution in [2.24, 2.45) is 0 Å². The molecule has 134 valence electrons. The summed E-state index contributed by atoms with van der Waals surface area (Å²) in [5.41, 5.74) is 0.427. The Labute approximate surface area is 147 Å². The third-order valence-corrected chi connectivity index (χ3v) is 4.02. The Hall–Kier alpha value is -2.06. The molecule has 25 heavy (non-hydrogen) atoms. The van der Waals surface area contributed by atoms with Crippen LogP contribution in [0.5, 0.6) is 11.6 Å². The number of anilines is 1. The largest absolute Gasteiger partial charge is 0.433 e. The second-order valence-corrected chi connectivity index (χ2v) is 5.86. The molecule has 0 aliphatic carbocycles. The molecule has 3 rings (SSSR count). The van der Waals surface area contributed by atoms with Crippen molar-refractivity contribution in [2.45, 2.75) is 13.1 Å². The first kappa shape index (κ1) is 17.8. The van der Waals surface area contributed by atoms with Gasteiger partial charge in [0.2, 0.25) is 5.88 Å². The van der Waals surface area contributed by atoms with Crippen LogP contribution in [0.1, 0.15) is 11.3 Å². The van der Waals surface area contributed by atoms with Crippen molar-refractivity contribution in [3.63, 3.8) is 0 Å². The lowest BCUT2D eigenvalue weighted by atomic mass is 10.2. The minimum atomic E-state index is -4.52. The normalized spacial score (nSPS) is 15.3. The molecule has 1 aliphatic heterocycles. The summed E-state index contributed by atoms with van der Waals surface area (Å²) in [6, 6.07) is 2.58. The van der Waals surface area contributed by atoms with Gasteiger partial charge in [-0.2, -0.15) is 13.2 Å². The molecular weight excluding hydrogens is 359 g/mol. The zero-order valence-electron chi connectivity index (χ0n) is 13.3. The molecule has 1 fully saturated rings. The number of alkyl halides is 3. The predicted molar refractivity (Wildman–Crippen MR) is 86.3 cm³/mol. The van der Waals surface area contributed by atoms with Gasteiger partial charge in [-0.25, -0.2) is 4.98 Å². The molecule has 9 heteroatoms. The van der Waals surface area contributed by atoms with Gasteiger partial charge in [-0.15, -0.1) is 0 Å². The van der Waals surface area contributed by atoms with Crippen LogP contribution >= 0.6 is 11.6 Å². The zero-order valence-corrected chi connectivity index (χ0v) is 14.1. The first-order valence-electron chi connectivity index (χ1n) is 7.55. The zero-order chi connectivity index (χ0) is 18.0. The van der Waals surface area contributed by atoms with E-state index in [4.69, 9.17) is 21.1 Å². The number of hydrogen-bond donors (Lipinski definition) is 0. The number of pyridine rings is 2. The van der Waals surface area contributed by atoms with E-state index in [1.54, 1.807) is 19.2 Å². The molecule has 1 aliphatic rings. The number of aromatic nitrogens is 2. The van der Waals surface area contributed by atoms with Gasteiger partial charge in [-0.05, 0) is 19.1 Å². The number of ether oxygens (including phenoxy) is 2. The highest BCUT2D eigenvalue weighted by molar-refractivity contribution is 6.31. The lowest BCUT2D eigenvalue weighted by Crippen LogP contribution is -2.36. The molecule has 1 saturated heterocycles. The molecule has 2 aromatic rings. The third kappa shape index (κ3) is 3.96. The van der Waals surface area contributed by atoms with Crippen molar-refractivity contribution in [3.8, 4) is 11.6 Å². The summed E-state index contributed by atoms with van der Waals surface area (Å²) in [6.45, 7) is 4.26. The second-order valence-electron chi connectivity index (χ2n) is 5.45. The maximum atomic E-state index is 12.7. The summed E-state index contributed by atoms with van der Waals surface area (Å²) >= 11 is 5.93. The van der Waals surface area contributed by atoms with Gasteiger partial charge in [0.05, 0.1) is 30.2 Å². The van der Waals surface area contributed by atoms with Crippen LogP contribution in [0.15, 0.2) is 24.5 Å². The minimum absolute atomic E-state index is 0.0970. The molecular formula is C16H15ClF3N3O2. The monoisotopic (exact) mass is 373 g/mol. The highest BCUT2D eigenvalue weighted by Gasteiger charge is 2.32. The van der Waals surface area contributed by atoms with E-state index in [1.165, 1.54) is 0 Å². The Balaban J connectivity index is 1.93. The van der Waals surface area contributed by atoms with E-state index in [-0.39, 0.29) is 10.9 Å².